The highest BCUT2D eigenvalue weighted by Crippen LogP contribution is 2.19. The van der Waals surface area contributed by atoms with Crippen LogP contribution in [0.15, 0.2) is 23.0 Å². The number of imidazole rings is 1. The van der Waals surface area contributed by atoms with Crippen molar-refractivity contribution in [1.29, 1.82) is 0 Å². The number of aromatic nitrogens is 2. The molecule has 0 unspecified atom stereocenters. The monoisotopic (exact) mass is 296 g/mol. The molecule has 2 aromatic rings. The third kappa shape index (κ3) is 1.95. The lowest BCUT2D eigenvalue weighted by Gasteiger charge is -2.07. The Morgan fingerprint density at radius 1 is 1.47 bits per heavy atom. The molecule has 0 saturated carbocycles. The van der Waals surface area contributed by atoms with Crippen molar-refractivity contribution in [1.82, 2.24) is 9.55 Å². The number of aromatic amines is 1. The third-order valence-electron chi connectivity index (χ3n) is 2.69. The van der Waals surface area contributed by atoms with Crippen LogP contribution < -0.4 is 5.69 Å². The second-order valence-corrected chi connectivity index (χ2v) is 4.71. The first kappa shape index (κ1) is 12.1. The van der Waals surface area contributed by atoms with Crippen LogP contribution in [0.2, 0.25) is 0 Å². The zero-order chi connectivity index (χ0) is 12.6. The van der Waals surface area contributed by atoms with Gasteiger partial charge in [-0.2, -0.15) is 0 Å². The van der Waals surface area contributed by atoms with Gasteiger partial charge in [0.15, 0.2) is 5.78 Å². The number of hydrogen-bond donors (Lipinski definition) is 1. The molecular formula is C12H13BrN2O2. The number of carbonyl (C=O) groups is 1. The molecule has 17 heavy (non-hydrogen) atoms. The minimum atomic E-state index is -0.176. The van der Waals surface area contributed by atoms with Gasteiger partial charge in [-0.15, -0.1) is 0 Å². The highest BCUT2D eigenvalue weighted by molar-refractivity contribution is 9.09. The predicted octanol–water partition coefficient (Wildman–Crippen LogP) is 2.49. The number of halogens is 1. The summed E-state index contributed by atoms with van der Waals surface area (Å²) in [7, 11) is 0. The fraction of sp³-hybridized carbons (Fsp3) is 0.333. The van der Waals surface area contributed by atoms with Gasteiger partial charge in [-0.3, -0.25) is 9.36 Å². The summed E-state index contributed by atoms with van der Waals surface area (Å²) in [6, 6.07) is 5.43. The Hall–Kier alpha value is -1.36. The quantitative estimate of drug-likeness (QED) is 0.699. The maximum Gasteiger partial charge on any atom is 0.326 e. The molecule has 0 aliphatic heterocycles. The molecule has 5 heteroatoms. The van der Waals surface area contributed by atoms with Gasteiger partial charge in [0.2, 0.25) is 0 Å². The first-order valence-corrected chi connectivity index (χ1v) is 6.50. The van der Waals surface area contributed by atoms with Crippen LogP contribution in [0.3, 0.4) is 0 Å². The number of nitrogens with one attached hydrogen (secondary N) is 1. The second-order valence-electron chi connectivity index (χ2n) is 4.15. The molecule has 0 spiro atoms. The van der Waals surface area contributed by atoms with Gasteiger partial charge in [0.1, 0.15) is 0 Å². The zero-order valence-corrected chi connectivity index (χ0v) is 11.2. The highest BCUT2D eigenvalue weighted by Gasteiger charge is 2.15. The highest BCUT2D eigenvalue weighted by atomic mass is 79.9. The molecule has 2 rings (SSSR count). The number of nitrogens with zero attached hydrogens (tertiary/aromatic N) is 1. The first-order valence-electron chi connectivity index (χ1n) is 5.38. The minimum absolute atomic E-state index is 0.0345. The van der Waals surface area contributed by atoms with E-state index in [1.54, 1.807) is 16.7 Å². The van der Waals surface area contributed by atoms with Gasteiger partial charge in [-0.05, 0) is 26.0 Å². The van der Waals surface area contributed by atoms with E-state index in [9.17, 15) is 9.59 Å². The molecule has 1 heterocycles. The standard InChI is InChI=1S/C12H13BrN2O2/c1-7(2)15-9-5-3-4-8(10(16)6-13)11(9)14-12(15)17/h3-5,7H,6H2,1-2H3,(H,14,17). The van der Waals surface area contributed by atoms with Crippen molar-refractivity contribution >= 4 is 32.7 Å². The van der Waals surface area contributed by atoms with E-state index in [1.807, 2.05) is 19.9 Å². The van der Waals surface area contributed by atoms with E-state index in [0.717, 1.165) is 5.52 Å². The Morgan fingerprint density at radius 2 is 2.18 bits per heavy atom. The summed E-state index contributed by atoms with van der Waals surface area (Å²) in [6.07, 6.45) is 0. The number of ketones is 1. The third-order valence-corrected chi connectivity index (χ3v) is 3.20. The van der Waals surface area contributed by atoms with Crippen molar-refractivity contribution in [3.8, 4) is 0 Å². The van der Waals surface area contributed by atoms with Gasteiger partial charge in [-0.25, -0.2) is 4.79 Å². The van der Waals surface area contributed by atoms with E-state index in [2.05, 4.69) is 20.9 Å². The van der Waals surface area contributed by atoms with Gasteiger partial charge < -0.3 is 4.98 Å². The van der Waals surface area contributed by atoms with Crippen LogP contribution in [0, 0.1) is 0 Å². The summed E-state index contributed by atoms with van der Waals surface area (Å²) in [5, 5.41) is 0.251. The first-order chi connectivity index (χ1) is 8.06. The number of benzene rings is 1. The van der Waals surface area contributed by atoms with Crippen molar-refractivity contribution in [3.05, 3.63) is 34.2 Å². The maximum atomic E-state index is 11.8. The SMILES string of the molecule is CC(C)n1c(=O)[nH]c2c(C(=O)CBr)cccc21. The molecule has 0 amide bonds. The van der Waals surface area contributed by atoms with Crippen LogP contribution in [-0.4, -0.2) is 20.7 Å². The Labute approximate surface area is 107 Å². The molecule has 0 saturated heterocycles. The lowest BCUT2D eigenvalue weighted by molar-refractivity contribution is 0.102. The predicted molar refractivity (Wildman–Crippen MR) is 71.1 cm³/mol. The fourth-order valence-corrected chi connectivity index (χ4v) is 2.27. The number of H-pyrrole nitrogens is 1. The topological polar surface area (TPSA) is 54.9 Å². The average Bonchev–Trinajstić information content (AvgIpc) is 2.63. The van der Waals surface area contributed by atoms with E-state index in [1.165, 1.54) is 0 Å². The number of rotatable bonds is 3. The van der Waals surface area contributed by atoms with Crippen LogP contribution in [-0.2, 0) is 0 Å². The molecule has 1 aromatic heterocycles. The lowest BCUT2D eigenvalue weighted by Crippen LogP contribution is -2.18. The molecule has 4 nitrogen and oxygen atoms in total. The lowest BCUT2D eigenvalue weighted by atomic mass is 10.1. The number of alkyl halides is 1. The van der Waals surface area contributed by atoms with Gasteiger partial charge >= 0.3 is 5.69 Å². The van der Waals surface area contributed by atoms with Crippen LogP contribution in [0.1, 0.15) is 30.2 Å². The zero-order valence-electron chi connectivity index (χ0n) is 9.66. The maximum absolute atomic E-state index is 11.8. The molecule has 90 valence electrons. The number of fused-ring (bicyclic) bond motifs is 1. The number of carbonyl (C=O) groups excluding carboxylic acids is 1. The summed E-state index contributed by atoms with van der Waals surface area (Å²) in [6.45, 7) is 3.88. The van der Waals surface area contributed by atoms with Gasteiger partial charge in [-0.1, -0.05) is 22.0 Å². The smallest absolute Gasteiger partial charge is 0.305 e. The summed E-state index contributed by atoms with van der Waals surface area (Å²) in [4.78, 5) is 26.3. The molecular weight excluding hydrogens is 284 g/mol. The second kappa shape index (κ2) is 4.49. The normalized spacial score (nSPS) is 11.3. The van der Waals surface area contributed by atoms with E-state index in [-0.39, 0.29) is 22.8 Å². The molecule has 1 N–H and O–H groups in total. The Balaban J connectivity index is 2.80. The number of Topliss-reactive ketones (excluding diaryl/α,β-unsaturated/α-hetero) is 1. The molecule has 0 aliphatic rings. The molecule has 0 fully saturated rings. The summed E-state index contributed by atoms with van der Waals surface area (Å²) in [5.74, 6) is -0.0345. The van der Waals surface area contributed by atoms with Crippen LogP contribution in [0.25, 0.3) is 11.0 Å². The average molecular weight is 297 g/mol. The molecule has 1 aromatic carbocycles. The van der Waals surface area contributed by atoms with Crippen molar-refractivity contribution in [3.63, 3.8) is 0 Å². The van der Waals surface area contributed by atoms with Crippen molar-refractivity contribution in [2.75, 3.05) is 5.33 Å². The van der Waals surface area contributed by atoms with Crippen LogP contribution >= 0.6 is 15.9 Å². The summed E-state index contributed by atoms with van der Waals surface area (Å²) >= 11 is 3.14. The molecule has 0 aliphatic carbocycles. The van der Waals surface area contributed by atoms with E-state index >= 15 is 0 Å². The molecule has 0 bridgehead atoms. The molecule has 0 radical (unpaired) electrons. The van der Waals surface area contributed by atoms with Crippen molar-refractivity contribution in [2.24, 2.45) is 0 Å². The molecule has 0 atom stereocenters. The van der Waals surface area contributed by atoms with Gasteiger partial charge in [0.25, 0.3) is 0 Å². The minimum Gasteiger partial charge on any atom is -0.305 e. The van der Waals surface area contributed by atoms with Gasteiger partial charge in [0, 0.05) is 11.6 Å². The van der Waals surface area contributed by atoms with E-state index in [0.29, 0.717) is 11.1 Å². The number of hydrogen-bond acceptors (Lipinski definition) is 2. The Morgan fingerprint density at radius 3 is 2.76 bits per heavy atom. The van der Waals surface area contributed by atoms with Crippen LogP contribution in [0.5, 0.6) is 0 Å². The number of para-hydroxylation sites is 1. The Kier molecular flexibility index (Phi) is 3.19. The fourth-order valence-electron chi connectivity index (χ4n) is 1.97. The van der Waals surface area contributed by atoms with Crippen molar-refractivity contribution < 1.29 is 4.79 Å². The largest absolute Gasteiger partial charge is 0.326 e. The van der Waals surface area contributed by atoms with Gasteiger partial charge in [0.05, 0.1) is 16.4 Å². The summed E-state index contributed by atoms with van der Waals surface area (Å²) in [5.41, 5.74) is 1.77. The van der Waals surface area contributed by atoms with E-state index in [4.69, 9.17) is 0 Å². The Bertz CT molecular complexity index is 625. The van der Waals surface area contributed by atoms with Crippen molar-refractivity contribution in [2.45, 2.75) is 19.9 Å². The summed E-state index contributed by atoms with van der Waals surface area (Å²) < 4.78 is 1.65. The van der Waals surface area contributed by atoms with Crippen LogP contribution in [0.4, 0.5) is 0 Å². The van der Waals surface area contributed by atoms with E-state index < -0.39 is 0 Å².